The summed E-state index contributed by atoms with van der Waals surface area (Å²) in [7, 11) is 0. The Bertz CT molecular complexity index is 460. The van der Waals surface area contributed by atoms with E-state index < -0.39 is 12.1 Å². The third kappa shape index (κ3) is 3.95. The number of hydrogen-bond donors (Lipinski definition) is 2. The minimum absolute atomic E-state index is 0.0305. The van der Waals surface area contributed by atoms with Gasteiger partial charge in [-0.15, -0.1) is 0 Å². The fourth-order valence-electron chi connectivity index (χ4n) is 1.39. The van der Waals surface area contributed by atoms with Crippen molar-refractivity contribution in [3.8, 4) is 6.07 Å². The average molecular weight is 232 g/mol. The van der Waals surface area contributed by atoms with Crippen molar-refractivity contribution in [2.45, 2.75) is 19.4 Å². The molecule has 0 spiro atoms. The zero-order chi connectivity index (χ0) is 12.8. The van der Waals surface area contributed by atoms with Gasteiger partial charge in [-0.25, -0.2) is 4.79 Å². The normalized spacial score (nSPS) is 11.3. The maximum atomic E-state index is 11.0. The van der Waals surface area contributed by atoms with Crippen LogP contribution in [0.15, 0.2) is 24.3 Å². The first-order valence-electron chi connectivity index (χ1n) is 5.02. The van der Waals surface area contributed by atoms with Gasteiger partial charge in [0.15, 0.2) is 5.78 Å². The maximum absolute atomic E-state index is 11.0. The van der Waals surface area contributed by atoms with Crippen molar-refractivity contribution in [2.24, 2.45) is 0 Å². The minimum atomic E-state index is -1.23. The molecule has 1 amide bonds. The number of amides is 1. The van der Waals surface area contributed by atoms with Crippen LogP contribution in [0.5, 0.6) is 0 Å². The quantitative estimate of drug-likeness (QED) is 0.771. The van der Waals surface area contributed by atoms with Gasteiger partial charge < -0.3 is 10.4 Å². The summed E-state index contributed by atoms with van der Waals surface area (Å²) in [4.78, 5) is 21.4. The number of hydrogen-bond acceptors (Lipinski definition) is 3. The molecular weight excluding hydrogens is 220 g/mol. The van der Waals surface area contributed by atoms with Gasteiger partial charge in [-0.1, -0.05) is 24.3 Å². The van der Waals surface area contributed by atoms with E-state index in [1.807, 2.05) is 6.07 Å². The first-order chi connectivity index (χ1) is 8.02. The molecule has 1 atom stereocenters. The van der Waals surface area contributed by atoms with Crippen molar-refractivity contribution < 1.29 is 14.7 Å². The smallest absolute Gasteiger partial charge is 0.405 e. The molecule has 5 heteroatoms. The molecule has 88 valence electrons. The van der Waals surface area contributed by atoms with Crippen LogP contribution in [0.2, 0.25) is 0 Å². The summed E-state index contributed by atoms with van der Waals surface area (Å²) in [5, 5.41) is 19.4. The maximum Gasteiger partial charge on any atom is 0.405 e. The molecule has 0 heterocycles. The summed E-state index contributed by atoms with van der Waals surface area (Å²) in [6.45, 7) is 1.47. The first-order valence-corrected chi connectivity index (χ1v) is 5.02. The van der Waals surface area contributed by atoms with Crippen molar-refractivity contribution in [2.75, 3.05) is 0 Å². The fourth-order valence-corrected chi connectivity index (χ4v) is 1.39. The highest BCUT2D eigenvalue weighted by Gasteiger charge is 2.11. The number of benzene rings is 1. The average Bonchev–Trinajstić information content (AvgIpc) is 2.28. The van der Waals surface area contributed by atoms with E-state index in [0.29, 0.717) is 5.56 Å². The molecule has 2 N–H and O–H groups in total. The number of Topliss-reactive ketones (excluding diaryl/α,β-unsaturated/α-hetero) is 1. The van der Waals surface area contributed by atoms with Crippen LogP contribution in [-0.2, 0) is 6.42 Å². The van der Waals surface area contributed by atoms with Crippen molar-refractivity contribution in [1.82, 2.24) is 5.32 Å². The summed E-state index contributed by atoms with van der Waals surface area (Å²) < 4.78 is 0. The lowest BCUT2D eigenvalue weighted by Gasteiger charge is -2.08. The van der Waals surface area contributed by atoms with E-state index in [1.54, 1.807) is 24.3 Å². The van der Waals surface area contributed by atoms with E-state index in [9.17, 15) is 9.59 Å². The highest BCUT2D eigenvalue weighted by Crippen LogP contribution is 2.07. The van der Waals surface area contributed by atoms with Crippen LogP contribution in [-0.4, -0.2) is 23.0 Å². The van der Waals surface area contributed by atoms with Gasteiger partial charge in [-0.2, -0.15) is 5.26 Å². The molecule has 0 aliphatic carbocycles. The first kappa shape index (κ1) is 12.7. The van der Waals surface area contributed by atoms with Gasteiger partial charge in [0.1, 0.15) is 6.04 Å². The van der Waals surface area contributed by atoms with E-state index in [4.69, 9.17) is 10.4 Å². The van der Waals surface area contributed by atoms with Crippen LogP contribution in [0.4, 0.5) is 4.79 Å². The number of nitrogens with zero attached hydrogens (tertiary/aromatic N) is 1. The van der Waals surface area contributed by atoms with Crippen LogP contribution in [0, 0.1) is 11.3 Å². The molecule has 0 saturated heterocycles. The SMILES string of the molecule is CC(=O)c1ccc(CC(C#N)NC(=O)O)cc1. The molecule has 0 bridgehead atoms. The lowest BCUT2D eigenvalue weighted by Crippen LogP contribution is -2.33. The summed E-state index contributed by atoms with van der Waals surface area (Å²) in [6, 6.07) is 7.82. The zero-order valence-electron chi connectivity index (χ0n) is 9.30. The van der Waals surface area contributed by atoms with E-state index in [2.05, 4.69) is 5.32 Å². The van der Waals surface area contributed by atoms with Crippen LogP contribution >= 0.6 is 0 Å². The molecule has 1 rings (SSSR count). The van der Waals surface area contributed by atoms with Crippen molar-refractivity contribution in [3.63, 3.8) is 0 Å². The van der Waals surface area contributed by atoms with E-state index in [0.717, 1.165) is 5.56 Å². The zero-order valence-corrected chi connectivity index (χ0v) is 9.30. The van der Waals surface area contributed by atoms with E-state index in [-0.39, 0.29) is 12.2 Å². The van der Waals surface area contributed by atoms with Gasteiger partial charge >= 0.3 is 6.09 Å². The van der Waals surface area contributed by atoms with Gasteiger partial charge in [0.2, 0.25) is 0 Å². The molecule has 0 fully saturated rings. The molecule has 0 radical (unpaired) electrons. The predicted octanol–water partition coefficient (Wildman–Crippen LogP) is 1.59. The summed E-state index contributed by atoms with van der Waals surface area (Å²) in [6.07, 6.45) is -0.946. The lowest BCUT2D eigenvalue weighted by molar-refractivity contribution is 0.101. The minimum Gasteiger partial charge on any atom is -0.465 e. The van der Waals surface area contributed by atoms with E-state index in [1.165, 1.54) is 6.92 Å². The number of nitrogens with one attached hydrogen (secondary N) is 1. The largest absolute Gasteiger partial charge is 0.465 e. The summed E-state index contributed by atoms with van der Waals surface area (Å²) >= 11 is 0. The number of ketones is 1. The fraction of sp³-hybridized carbons (Fsp3) is 0.250. The van der Waals surface area contributed by atoms with Crippen molar-refractivity contribution in [1.29, 1.82) is 5.26 Å². The summed E-state index contributed by atoms with van der Waals surface area (Å²) in [5.74, 6) is -0.0305. The molecule has 17 heavy (non-hydrogen) atoms. The Labute approximate surface area is 98.7 Å². The Morgan fingerprint density at radius 2 is 2.00 bits per heavy atom. The highest BCUT2D eigenvalue weighted by atomic mass is 16.4. The summed E-state index contributed by atoms with van der Waals surface area (Å²) in [5.41, 5.74) is 1.39. The Morgan fingerprint density at radius 3 is 2.41 bits per heavy atom. The number of nitriles is 1. The van der Waals surface area contributed by atoms with Crippen LogP contribution < -0.4 is 5.32 Å². The van der Waals surface area contributed by atoms with Gasteiger partial charge in [-0.05, 0) is 12.5 Å². The Balaban J connectivity index is 2.71. The number of rotatable bonds is 4. The lowest BCUT2D eigenvalue weighted by atomic mass is 10.0. The monoisotopic (exact) mass is 232 g/mol. The second-order valence-electron chi connectivity index (χ2n) is 3.59. The third-order valence-corrected chi connectivity index (χ3v) is 2.25. The van der Waals surface area contributed by atoms with Crippen molar-refractivity contribution >= 4 is 11.9 Å². The van der Waals surface area contributed by atoms with Crippen molar-refractivity contribution in [3.05, 3.63) is 35.4 Å². The van der Waals surface area contributed by atoms with Gasteiger partial charge in [0, 0.05) is 12.0 Å². The predicted molar refractivity (Wildman–Crippen MR) is 60.7 cm³/mol. The molecular formula is C12H12N2O3. The van der Waals surface area contributed by atoms with E-state index >= 15 is 0 Å². The number of carbonyl (C=O) groups excluding carboxylic acids is 1. The third-order valence-electron chi connectivity index (χ3n) is 2.25. The Hall–Kier alpha value is -2.35. The molecule has 1 aromatic rings. The second kappa shape index (κ2) is 5.66. The van der Waals surface area contributed by atoms with Crippen LogP contribution in [0.25, 0.3) is 0 Å². The molecule has 1 unspecified atom stereocenters. The van der Waals surface area contributed by atoms with Gasteiger partial charge in [0.25, 0.3) is 0 Å². The van der Waals surface area contributed by atoms with Gasteiger partial charge in [0.05, 0.1) is 6.07 Å². The second-order valence-corrected chi connectivity index (χ2v) is 3.59. The number of carbonyl (C=O) groups is 2. The standard InChI is InChI=1S/C12H12N2O3/c1-8(15)10-4-2-9(3-5-10)6-11(7-13)14-12(16)17/h2-5,11,14H,6H2,1H3,(H,16,17). The number of carboxylic acid groups (broad SMARTS) is 1. The molecule has 0 aromatic heterocycles. The van der Waals surface area contributed by atoms with Crippen LogP contribution in [0.1, 0.15) is 22.8 Å². The molecule has 1 aromatic carbocycles. The molecule has 0 aliphatic heterocycles. The molecule has 5 nitrogen and oxygen atoms in total. The van der Waals surface area contributed by atoms with Crippen LogP contribution in [0.3, 0.4) is 0 Å². The Kier molecular flexibility index (Phi) is 4.23. The van der Waals surface area contributed by atoms with Gasteiger partial charge in [-0.3, -0.25) is 4.79 Å². The topological polar surface area (TPSA) is 90.2 Å². The molecule has 0 saturated carbocycles. The molecule has 0 aliphatic rings. The Morgan fingerprint density at radius 1 is 1.41 bits per heavy atom. The highest BCUT2D eigenvalue weighted by molar-refractivity contribution is 5.94.